The number of rotatable bonds is 3. The first-order chi connectivity index (χ1) is 8.58. The van der Waals surface area contributed by atoms with E-state index in [4.69, 9.17) is 21.1 Å². The summed E-state index contributed by atoms with van der Waals surface area (Å²) in [5.41, 5.74) is 0. The average Bonchev–Trinajstić information content (AvgIpc) is 2.73. The number of carbonyl (C=O) groups is 1. The van der Waals surface area contributed by atoms with Crippen molar-refractivity contribution in [2.75, 3.05) is 20.2 Å². The molecule has 0 radical (unpaired) electrons. The van der Waals surface area contributed by atoms with Crippen molar-refractivity contribution < 1.29 is 14.3 Å². The maximum Gasteiger partial charge on any atom is 0.336 e. The lowest BCUT2D eigenvalue weighted by molar-refractivity contribution is -0.166. The van der Waals surface area contributed by atoms with Crippen molar-refractivity contribution in [1.82, 2.24) is 4.90 Å². The molecule has 1 aromatic rings. The second-order valence-electron chi connectivity index (χ2n) is 4.36. The van der Waals surface area contributed by atoms with Crippen LogP contribution in [0.1, 0.15) is 11.8 Å². The van der Waals surface area contributed by atoms with Gasteiger partial charge in [0.2, 0.25) is 0 Å². The summed E-state index contributed by atoms with van der Waals surface area (Å²) in [5.74, 6) is -0.309. The third-order valence-electron chi connectivity index (χ3n) is 2.81. The van der Waals surface area contributed by atoms with Gasteiger partial charge in [0.25, 0.3) is 0 Å². The van der Waals surface area contributed by atoms with E-state index in [0.29, 0.717) is 6.54 Å². The highest BCUT2D eigenvalue weighted by Gasteiger charge is 2.31. The third kappa shape index (κ3) is 3.45. The molecule has 0 amide bonds. The summed E-state index contributed by atoms with van der Waals surface area (Å²) in [5, 5.41) is 0. The minimum Gasteiger partial charge on any atom is -0.467 e. The number of ether oxygens (including phenoxy) is 2. The van der Waals surface area contributed by atoms with Crippen molar-refractivity contribution in [3.05, 3.63) is 21.3 Å². The summed E-state index contributed by atoms with van der Waals surface area (Å²) in [6.07, 6.45) is -0.465. The number of hydrogen-bond donors (Lipinski definition) is 0. The Labute approximate surface area is 115 Å². The maximum absolute atomic E-state index is 11.5. The van der Waals surface area contributed by atoms with Crippen molar-refractivity contribution in [3.8, 4) is 0 Å². The molecular weight excluding hydrogens is 274 g/mol. The van der Waals surface area contributed by atoms with Gasteiger partial charge in [0.05, 0.1) is 17.6 Å². The van der Waals surface area contributed by atoms with E-state index in [1.54, 1.807) is 11.3 Å². The van der Waals surface area contributed by atoms with Gasteiger partial charge in [-0.25, -0.2) is 4.79 Å². The summed E-state index contributed by atoms with van der Waals surface area (Å²) in [4.78, 5) is 14.9. The lowest BCUT2D eigenvalue weighted by atomic mass is 10.2. The molecule has 1 saturated heterocycles. The summed E-state index contributed by atoms with van der Waals surface area (Å²) >= 11 is 7.47. The van der Waals surface area contributed by atoms with Crippen LogP contribution in [0.25, 0.3) is 0 Å². The van der Waals surface area contributed by atoms with Crippen molar-refractivity contribution >= 4 is 28.9 Å². The first kappa shape index (κ1) is 13.8. The van der Waals surface area contributed by atoms with Crippen LogP contribution in [0.5, 0.6) is 0 Å². The highest BCUT2D eigenvalue weighted by Crippen LogP contribution is 2.24. The topological polar surface area (TPSA) is 38.8 Å². The Hall–Kier alpha value is -0.620. The fraction of sp³-hybridized carbons (Fsp3) is 0.583. The Morgan fingerprint density at radius 3 is 3.00 bits per heavy atom. The van der Waals surface area contributed by atoms with Crippen molar-refractivity contribution in [2.24, 2.45) is 0 Å². The number of methoxy groups -OCH3 is 1. The van der Waals surface area contributed by atoms with Crippen LogP contribution in [-0.4, -0.2) is 43.3 Å². The molecule has 1 aromatic heterocycles. The lowest BCUT2D eigenvalue weighted by Crippen LogP contribution is -2.49. The SMILES string of the molecule is COC(=O)[C@@H]1CN(Cc2ccc(Cl)s2)C[C@@H](C)O1. The number of carbonyl (C=O) groups excluding carboxylic acids is 1. The maximum atomic E-state index is 11.5. The molecule has 1 aliphatic heterocycles. The van der Waals surface area contributed by atoms with E-state index in [0.717, 1.165) is 17.4 Å². The monoisotopic (exact) mass is 289 g/mol. The molecule has 1 fully saturated rings. The molecule has 2 rings (SSSR count). The Bertz CT molecular complexity index is 423. The highest BCUT2D eigenvalue weighted by atomic mass is 35.5. The molecule has 0 unspecified atom stereocenters. The summed E-state index contributed by atoms with van der Waals surface area (Å²) in [6, 6.07) is 3.91. The smallest absolute Gasteiger partial charge is 0.336 e. The second kappa shape index (κ2) is 6.02. The largest absolute Gasteiger partial charge is 0.467 e. The standard InChI is InChI=1S/C12H16ClNO3S/c1-8-5-14(6-9-3-4-11(13)18-9)7-10(17-8)12(15)16-2/h3-4,8,10H,5-7H2,1-2H3/t8-,10+/m1/s1. The molecule has 4 nitrogen and oxygen atoms in total. The van der Waals surface area contributed by atoms with Gasteiger partial charge in [-0.2, -0.15) is 0 Å². The number of morpholine rings is 1. The van der Waals surface area contributed by atoms with E-state index in [2.05, 4.69) is 4.90 Å². The van der Waals surface area contributed by atoms with Gasteiger partial charge in [-0.05, 0) is 19.1 Å². The number of nitrogens with zero attached hydrogens (tertiary/aromatic N) is 1. The normalized spacial score (nSPS) is 25.1. The molecular formula is C12H16ClNO3S. The number of esters is 1. The molecule has 2 heterocycles. The molecule has 1 aliphatic rings. The fourth-order valence-corrected chi connectivity index (χ4v) is 3.22. The minimum absolute atomic E-state index is 0.0262. The molecule has 0 bridgehead atoms. The third-order valence-corrected chi connectivity index (χ3v) is 4.02. The fourth-order valence-electron chi connectivity index (χ4n) is 2.09. The van der Waals surface area contributed by atoms with Gasteiger partial charge in [-0.1, -0.05) is 11.6 Å². The molecule has 0 spiro atoms. The lowest BCUT2D eigenvalue weighted by Gasteiger charge is -2.35. The molecule has 6 heteroatoms. The van der Waals surface area contributed by atoms with E-state index in [1.807, 2.05) is 19.1 Å². The summed E-state index contributed by atoms with van der Waals surface area (Å²) < 4.78 is 11.1. The highest BCUT2D eigenvalue weighted by molar-refractivity contribution is 7.16. The van der Waals surface area contributed by atoms with Crippen molar-refractivity contribution in [2.45, 2.75) is 25.7 Å². The predicted octanol–water partition coefficient (Wildman–Crippen LogP) is 2.16. The van der Waals surface area contributed by atoms with Crippen molar-refractivity contribution in [1.29, 1.82) is 0 Å². The number of halogens is 1. The summed E-state index contributed by atoms with van der Waals surface area (Å²) in [7, 11) is 1.38. The Balaban J connectivity index is 1.98. The van der Waals surface area contributed by atoms with Crippen LogP contribution < -0.4 is 0 Å². The van der Waals surface area contributed by atoms with Gasteiger partial charge in [0.15, 0.2) is 6.10 Å². The molecule has 100 valence electrons. The van der Waals surface area contributed by atoms with Gasteiger partial charge < -0.3 is 9.47 Å². The van der Waals surface area contributed by atoms with Crippen LogP contribution in [-0.2, 0) is 20.8 Å². The van der Waals surface area contributed by atoms with E-state index < -0.39 is 6.10 Å². The molecule has 0 aliphatic carbocycles. The molecule has 0 saturated carbocycles. The molecule has 2 atom stereocenters. The van der Waals surface area contributed by atoms with Crippen LogP contribution in [0.2, 0.25) is 4.34 Å². The molecule has 0 aromatic carbocycles. The van der Waals surface area contributed by atoms with Gasteiger partial charge in [0.1, 0.15) is 0 Å². The summed E-state index contributed by atoms with van der Waals surface area (Å²) in [6.45, 7) is 4.12. The van der Waals surface area contributed by atoms with Gasteiger partial charge in [0, 0.05) is 24.5 Å². The van der Waals surface area contributed by atoms with Gasteiger partial charge >= 0.3 is 5.97 Å². The van der Waals surface area contributed by atoms with Crippen LogP contribution in [0.3, 0.4) is 0 Å². The molecule has 0 N–H and O–H groups in total. The first-order valence-electron chi connectivity index (χ1n) is 5.78. The van der Waals surface area contributed by atoms with E-state index in [9.17, 15) is 4.79 Å². The van der Waals surface area contributed by atoms with Crippen LogP contribution in [0, 0.1) is 0 Å². The van der Waals surface area contributed by atoms with Gasteiger partial charge in [-0.15, -0.1) is 11.3 Å². The molecule has 18 heavy (non-hydrogen) atoms. The minimum atomic E-state index is -0.491. The van der Waals surface area contributed by atoms with Crippen LogP contribution >= 0.6 is 22.9 Å². The average molecular weight is 290 g/mol. The van der Waals surface area contributed by atoms with E-state index in [-0.39, 0.29) is 12.1 Å². The van der Waals surface area contributed by atoms with Crippen molar-refractivity contribution in [3.63, 3.8) is 0 Å². The van der Waals surface area contributed by atoms with Crippen LogP contribution in [0.4, 0.5) is 0 Å². The first-order valence-corrected chi connectivity index (χ1v) is 6.98. The predicted molar refractivity (Wildman–Crippen MR) is 71.0 cm³/mol. The number of thiophene rings is 1. The quantitative estimate of drug-likeness (QED) is 0.800. The number of hydrogen-bond acceptors (Lipinski definition) is 5. The Kier molecular flexibility index (Phi) is 4.61. The van der Waals surface area contributed by atoms with E-state index >= 15 is 0 Å². The zero-order chi connectivity index (χ0) is 13.1. The zero-order valence-electron chi connectivity index (χ0n) is 10.4. The zero-order valence-corrected chi connectivity index (χ0v) is 12.0. The van der Waals surface area contributed by atoms with E-state index in [1.165, 1.54) is 12.0 Å². The Morgan fingerprint density at radius 2 is 2.39 bits per heavy atom. The second-order valence-corrected chi connectivity index (χ2v) is 6.16. The van der Waals surface area contributed by atoms with Gasteiger partial charge in [-0.3, -0.25) is 4.90 Å². The Morgan fingerprint density at radius 1 is 1.61 bits per heavy atom. The van der Waals surface area contributed by atoms with Crippen LogP contribution in [0.15, 0.2) is 12.1 Å².